The van der Waals surface area contributed by atoms with Crippen molar-refractivity contribution in [3.8, 4) is 5.75 Å². The molecule has 2 nitrogen and oxygen atoms in total. The first kappa shape index (κ1) is 14.2. The standard InChI is InChI=1S/C15H14Cl2O2/c16-13-7-5-11(6-8-13)12(9-18)10-19-15-4-2-1-3-14(15)17/h1-8,12,18H,9-10H2/t12-/m0/s1. The van der Waals surface area contributed by atoms with Crippen LogP contribution in [0.5, 0.6) is 5.75 Å². The van der Waals surface area contributed by atoms with E-state index in [0.29, 0.717) is 22.4 Å². The number of hydrogen-bond acceptors (Lipinski definition) is 2. The van der Waals surface area contributed by atoms with E-state index in [2.05, 4.69) is 0 Å². The van der Waals surface area contributed by atoms with Crippen LogP contribution in [-0.2, 0) is 0 Å². The van der Waals surface area contributed by atoms with Crippen LogP contribution >= 0.6 is 23.2 Å². The second-order valence-electron chi connectivity index (χ2n) is 4.17. The van der Waals surface area contributed by atoms with Gasteiger partial charge in [-0.15, -0.1) is 0 Å². The number of hydrogen-bond donors (Lipinski definition) is 1. The number of aliphatic hydroxyl groups excluding tert-OH is 1. The summed E-state index contributed by atoms with van der Waals surface area (Å²) in [7, 11) is 0. The molecular weight excluding hydrogens is 283 g/mol. The summed E-state index contributed by atoms with van der Waals surface area (Å²) >= 11 is 11.9. The summed E-state index contributed by atoms with van der Waals surface area (Å²) in [6.45, 7) is 0.369. The van der Waals surface area contributed by atoms with Gasteiger partial charge in [-0.1, -0.05) is 47.5 Å². The Hall–Kier alpha value is -1.22. The first-order valence-electron chi connectivity index (χ1n) is 5.94. The van der Waals surface area contributed by atoms with Crippen molar-refractivity contribution >= 4 is 23.2 Å². The second-order valence-corrected chi connectivity index (χ2v) is 5.02. The van der Waals surface area contributed by atoms with Crippen molar-refractivity contribution in [1.29, 1.82) is 0 Å². The predicted octanol–water partition coefficient (Wildman–Crippen LogP) is 4.15. The molecule has 0 heterocycles. The molecule has 0 aromatic heterocycles. The molecule has 2 aromatic carbocycles. The lowest BCUT2D eigenvalue weighted by Crippen LogP contribution is -2.14. The normalized spacial score (nSPS) is 12.2. The first-order chi connectivity index (χ1) is 9.20. The van der Waals surface area contributed by atoms with E-state index in [1.54, 1.807) is 24.3 Å². The van der Waals surface area contributed by atoms with Gasteiger partial charge >= 0.3 is 0 Å². The maximum absolute atomic E-state index is 9.45. The molecule has 19 heavy (non-hydrogen) atoms. The molecule has 0 aliphatic heterocycles. The topological polar surface area (TPSA) is 29.5 Å². The number of halogens is 2. The molecule has 0 saturated heterocycles. The van der Waals surface area contributed by atoms with Gasteiger partial charge in [0.15, 0.2) is 0 Å². The van der Waals surface area contributed by atoms with Gasteiger partial charge in [-0.05, 0) is 29.8 Å². The van der Waals surface area contributed by atoms with Crippen LogP contribution < -0.4 is 4.74 Å². The Morgan fingerprint density at radius 2 is 1.68 bits per heavy atom. The molecule has 0 bridgehead atoms. The van der Waals surface area contributed by atoms with Crippen LogP contribution in [0.1, 0.15) is 11.5 Å². The minimum Gasteiger partial charge on any atom is -0.491 e. The fourth-order valence-electron chi connectivity index (χ4n) is 1.74. The monoisotopic (exact) mass is 296 g/mol. The van der Waals surface area contributed by atoms with Gasteiger partial charge in [-0.2, -0.15) is 0 Å². The largest absolute Gasteiger partial charge is 0.491 e. The molecule has 0 amide bonds. The van der Waals surface area contributed by atoms with Gasteiger partial charge in [0.05, 0.1) is 18.2 Å². The second kappa shape index (κ2) is 6.80. The van der Waals surface area contributed by atoms with E-state index in [1.165, 1.54) is 0 Å². The van der Waals surface area contributed by atoms with E-state index in [0.717, 1.165) is 5.56 Å². The Balaban J connectivity index is 2.04. The number of aliphatic hydroxyl groups is 1. The Morgan fingerprint density at radius 3 is 2.32 bits per heavy atom. The highest BCUT2D eigenvalue weighted by molar-refractivity contribution is 6.32. The number of ether oxygens (including phenoxy) is 1. The van der Waals surface area contributed by atoms with Crippen LogP contribution in [0.3, 0.4) is 0 Å². The zero-order valence-corrected chi connectivity index (χ0v) is 11.7. The van der Waals surface area contributed by atoms with Gasteiger partial charge in [0.1, 0.15) is 5.75 Å². The third kappa shape index (κ3) is 3.87. The van der Waals surface area contributed by atoms with E-state index in [-0.39, 0.29) is 12.5 Å². The van der Waals surface area contributed by atoms with E-state index in [4.69, 9.17) is 27.9 Å². The molecule has 100 valence electrons. The highest BCUT2D eigenvalue weighted by Crippen LogP contribution is 2.25. The molecule has 2 aromatic rings. The molecule has 0 spiro atoms. The summed E-state index contributed by atoms with van der Waals surface area (Å²) in [5, 5.41) is 10.7. The molecule has 0 aliphatic rings. The van der Waals surface area contributed by atoms with Crippen molar-refractivity contribution in [2.45, 2.75) is 5.92 Å². The highest BCUT2D eigenvalue weighted by atomic mass is 35.5. The molecular formula is C15H14Cl2O2. The minimum absolute atomic E-state index is 0.00604. The molecule has 0 fully saturated rings. The summed E-state index contributed by atoms with van der Waals surface area (Å²) in [4.78, 5) is 0. The van der Waals surface area contributed by atoms with Gasteiger partial charge in [0, 0.05) is 10.9 Å². The quantitative estimate of drug-likeness (QED) is 0.898. The lowest BCUT2D eigenvalue weighted by molar-refractivity contribution is 0.205. The molecule has 1 N–H and O–H groups in total. The summed E-state index contributed by atoms with van der Waals surface area (Å²) in [5.74, 6) is 0.519. The van der Waals surface area contributed by atoms with Crippen molar-refractivity contribution in [2.24, 2.45) is 0 Å². The summed E-state index contributed by atoms with van der Waals surface area (Å²) in [6, 6.07) is 14.7. The third-order valence-electron chi connectivity index (χ3n) is 2.84. The Bertz CT molecular complexity index is 526. The number of benzene rings is 2. The molecule has 0 unspecified atom stereocenters. The van der Waals surface area contributed by atoms with E-state index in [1.807, 2.05) is 24.3 Å². The van der Waals surface area contributed by atoms with Crippen molar-refractivity contribution in [2.75, 3.05) is 13.2 Å². The zero-order valence-electron chi connectivity index (χ0n) is 10.2. The maximum atomic E-state index is 9.45. The number of para-hydroxylation sites is 1. The van der Waals surface area contributed by atoms with Gasteiger partial charge < -0.3 is 9.84 Å². The summed E-state index contributed by atoms with van der Waals surface area (Å²) < 4.78 is 5.65. The minimum atomic E-state index is -0.103. The van der Waals surface area contributed by atoms with Crippen molar-refractivity contribution < 1.29 is 9.84 Å². The van der Waals surface area contributed by atoms with Crippen LogP contribution in [0.25, 0.3) is 0 Å². The maximum Gasteiger partial charge on any atom is 0.137 e. The van der Waals surface area contributed by atoms with Gasteiger partial charge in [0.25, 0.3) is 0 Å². The van der Waals surface area contributed by atoms with Crippen LogP contribution in [0, 0.1) is 0 Å². The van der Waals surface area contributed by atoms with Gasteiger partial charge in [0.2, 0.25) is 0 Å². The first-order valence-corrected chi connectivity index (χ1v) is 6.70. The zero-order chi connectivity index (χ0) is 13.7. The van der Waals surface area contributed by atoms with Gasteiger partial charge in [-0.25, -0.2) is 0 Å². The molecule has 1 atom stereocenters. The average Bonchev–Trinajstić information content (AvgIpc) is 2.43. The lowest BCUT2D eigenvalue weighted by Gasteiger charge is -2.16. The van der Waals surface area contributed by atoms with Crippen LogP contribution in [0.15, 0.2) is 48.5 Å². The Labute approximate surface area is 122 Å². The fraction of sp³-hybridized carbons (Fsp3) is 0.200. The molecule has 0 radical (unpaired) electrons. The fourth-order valence-corrected chi connectivity index (χ4v) is 2.06. The third-order valence-corrected chi connectivity index (χ3v) is 3.40. The van der Waals surface area contributed by atoms with Crippen LogP contribution in [0.2, 0.25) is 10.0 Å². The summed E-state index contributed by atoms with van der Waals surface area (Å²) in [6.07, 6.45) is 0. The number of rotatable bonds is 5. The van der Waals surface area contributed by atoms with Crippen LogP contribution in [0.4, 0.5) is 0 Å². The molecule has 2 rings (SSSR count). The average molecular weight is 297 g/mol. The van der Waals surface area contributed by atoms with Gasteiger partial charge in [-0.3, -0.25) is 0 Å². The Morgan fingerprint density at radius 1 is 1.00 bits per heavy atom. The lowest BCUT2D eigenvalue weighted by atomic mass is 10.0. The van der Waals surface area contributed by atoms with Crippen molar-refractivity contribution in [3.05, 3.63) is 64.1 Å². The molecule has 0 aliphatic carbocycles. The van der Waals surface area contributed by atoms with E-state index < -0.39 is 0 Å². The SMILES string of the molecule is OC[C@@H](COc1ccccc1Cl)c1ccc(Cl)cc1. The van der Waals surface area contributed by atoms with Crippen molar-refractivity contribution in [3.63, 3.8) is 0 Å². The van der Waals surface area contributed by atoms with E-state index >= 15 is 0 Å². The van der Waals surface area contributed by atoms with Crippen LogP contribution in [-0.4, -0.2) is 18.3 Å². The van der Waals surface area contributed by atoms with E-state index in [9.17, 15) is 5.11 Å². The van der Waals surface area contributed by atoms with Crippen molar-refractivity contribution in [1.82, 2.24) is 0 Å². The predicted molar refractivity (Wildman–Crippen MR) is 78.2 cm³/mol. The smallest absolute Gasteiger partial charge is 0.137 e. The molecule has 0 saturated carbocycles. The molecule has 4 heteroatoms. The Kier molecular flexibility index (Phi) is 5.08. The highest BCUT2D eigenvalue weighted by Gasteiger charge is 2.12. The summed E-state index contributed by atoms with van der Waals surface area (Å²) in [5.41, 5.74) is 0.985.